The minimum atomic E-state index is -1.08. The maximum absolute atomic E-state index is 10.7. The monoisotopic (exact) mass is 217 g/mol. The third-order valence-corrected chi connectivity index (χ3v) is 2.24. The van der Waals surface area contributed by atoms with Crippen molar-refractivity contribution in [1.82, 2.24) is 5.16 Å². The zero-order valence-electron chi connectivity index (χ0n) is 9.02. The van der Waals surface area contributed by atoms with E-state index in [9.17, 15) is 4.79 Å². The summed E-state index contributed by atoms with van der Waals surface area (Å²) >= 11 is 0. The third-order valence-electron chi connectivity index (χ3n) is 2.24. The first-order valence-corrected chi connectivity index (χ1v) is 4.85. The van der Waals surface area contributed by atoms with Crippen molar-refractivity contribution in [3.05, 3.63) is 41.1 Å². The van der Waals surface area contributed by atoms with Gasteiger partial charge in [-0.2, -0.15) is 0 Å². The molecule has 2 rings (SSSR count). The van der Waals surface area contributed by atoms with Crippen LogP contribution in [0.15, 0.2) is 28.8 Å². The van der Waals surface area contributed by atoms with Gasteiger partial charge in [-0.1, -0.05) is 22.3 Å². The third kappa shape index (κ3) is 1.95. The number of rotatable bonds is 2. The number of hydrogen-bond acceptors (Lipinski definition) is 3. The first kappa shape index (κ1) is 10.4. The lowest BCUT2D eigenvalue weighted by Gasteiger charge is -2.00. The van der Waals surface area contributed by atoms with Gasteiger partial charge in [0.15, 0.2) is 11.5 Å². The van der Waals surface area contributed by atoms with E-state index in [0.29, 0.717) is 5.76 Å². The van der Waals surface area contributed by atoms with Crippen LogP contribution in [0, 0.1) is 13.8 Å². The molecule has 4 heteroatoms. The van der Waals surface area contributed by atoms with Crippen LogP contribution in [0.2, 0.25) is 0 Å². The molecule has 1 aromatic heterocycles. The fourth-order valence-electron chi connectivity index (χ4n) is 1.63. The van der Waals surface area contributed by atoms with Gasteiger partial charge in [0.2, 0.25) is 0 Å². The lowest BCUT2D eigenvalue weighted by atomic mass is 10.1. The van der Waals surface area contributed by atoms with Crippen LogP contribution in [0.25, 0.3) is 11.3 Å². The predicted octanol–water partition coefficient (Wildman–Crippen LogP) is 2.66. The van der Waals surface area contributed by atoms with Crippen molar-refractivity contribution in [2.75, 3.05) is 0 Å². The van der Waals surface area contributed by atoms with Crippen LogP contribution in [0.1, 0.15) is 21.6 Å². The molecule has 82 valence electrons. The summed E-state index contributed by atoms with van der Waals surface area (Å²) in [6.45, 7) is 3.95. The van der Waals surface area contributed by atoms with E-state index in [4.69, 9.17) is 9.63 Å². The smallest absolute Gasteiger partial charge is 0.358 e. The fraction of sp³-hybridized carbons (Fsp3) is 0.167. The molecular weight excluding hydrogens is 206 g/mol. The Hall–Kier alpha value is -2.10. The predicted molar refractivity (Wildman–Crippen MR) is 58.4 cm³/mol. The number of carboxylic acid groups (broad SMARTS) is 1. The first-order valence-electron chi connectivity index (χ1n) is 4.85. The Labute approximate surface area is 92.5 Å². The summed E-state index contributed by atoms with van der Waals surface area (Å²) in [4.78, 5) is 10.7. The zero-order valence-corrected chi connectivity index (χ0v) is 9.02. The minimum absolute atomic E-state index is 0.0749. The first-order chi connectivity index (χ1) is 7.56. The number of carboxylic acids is 1. The normalized spacial score (nSPS) is 10.4. The molecule has 0 aliphatic carbocycles. The molecule has 0 unspecified atom stereocenters. The van der Waals surface area contributed by atoms with Crippen LogP contribution in [0.5, 0.6) is 0 Å². The van der Waals surface area contributed by atoms with Gasteiger partial charge in [-0.25, -0.2) is 4.79 Å². The Bertz CT molecular complexity index is 523. The van der Waals surface area contributed by atoms with E-state index < -0.39 is 5.97 Å². The number of aromatic nitrogens is 1. The van der Waals surface area contributed by atoms with Crippen molar-refractivity contribution < 1.29 is 14.4 Å². The van der Waals surface area contributed by atoms with Crippen molar-refractivity contribution in [2.24, 2.45) is 0 Å². The molecule has 16 heavy (non-hydrogen) atoms. The SMILES string of the molecule is Cc1cc(C)cc(-c2cc(C(=O)O)no2)c1. The van der Waals surface area contributed by atoms with Gasteiger partial charge in [-0.15, -0.1) is 0 Å². The van der Waals surface area contributed by atoms with Gasteiger partial charge in [-0.3, -0.25) is 0 Å². The summed E-state index contributed by atoms with van der Waals surface area (Å²) in [5.74, 6) is -0.608. The molecule has 0 spiro atoms. The van der Waals surface area contributed by atoms with E-state index in [1.165, 1.54) is 6.07 Å². The number of hydrogen-bond donors (Lipinski definition) is 1. The van der Waals surface area contributed by atoms with E-state index in [-0.39, 0.29) is 5.69 Å². The summed E-state index contributed by atoms with van der Waals surface area (Å²) in [6.07, 6.45) is 0. The molecule has 4 nitrogen and oxygen atoms in total. The number of aromatic carboxylic acids is 1. The van der Waals surface area contributed by atoms with E-state index >= 15 is 0 Å². The van der Waals surface area contributed by atoms with Crippen LogP contribution < -0.4 is 0 Å². The highest BCUT2D eigenvalue weighted by Crippen LogP contribution is 2.22. The highest BCUT2D eigenvalue weighted by atomic mass is 16.5. The molecule has 0 aliphatic heterocycles. The summed E-state index contributed by atoms with van der Waals surface area (Å²) in [5.41, 5.74) is 2.97. The average Bonchev–Trinajstić information content (AvgIpc) is 2.64. The molecule has 0 saturated heterocycles. The summed E-state index contributed by atoms with van der Waals surface area (Å²) in [7, 11) is 0. The summed E-state index contributed by atoms with van der Waals surface area (Å²) in [6, 6.07) is 7.33. The standard InChI is InChI=1S/C12H11NO3/c1-7-3-8(2)5-9(4-7)11-6-10(12(14)15)13-16-11/h3-6H,1-2H3,(H,14,15). The second-order valence-corrected chi connectivity index (χ2v) is 3.76. The Morgan fingerprint density at radius 2 is 1.81 bits per heavy atom. The number of carbonyl (C=O) groups is 1. The second-order valence-electron chi connectivity index (χ2n) is 3.76. The van der Waals surface area contributed by atoms with Crippen molar-refractivity contribution in [3.63, 3.8) is 0 Å². The fourth-order valence-corrected chi connectivity index (χ4v) is 1.63. The van der Waals surface area contributed by atoms with Gasteiger partial charge in [0.1, 0.15) is 0 Å². The van der Waals surface area contributed by atoms with Gasteiger partial charge in [0.25, 0.3) is 0 Å². The van der Waals surface area contributed by atoms with E-state index in [1.807, 2.05) is 32.0 Å². The van der Waals surface area contributed by atoms with Crippen LogP contribution in [0.4, 0.5) is 0 Å². The van der Waals surface area contributed by atoms with Crippen LogP contribution >= 0.6 is 0 Å². The van der Waals surface area contributed by atoms with Crippen LogP contribution in [0.3, 0.4) is 0 Å². The van der Waals surface area contributed by atoms with Crippen molar-refractivity contribution in [3.8, 4) is 11.3 Å². The molecule has 0 fully saturated rings. The molecule has 0 bridgehead atoms. The topological polar surface area (TPSA) is 63.3 Å². The Balaban J connectivity index is 2.46. The van der Waals surface area contributed by atoms with Gasteiger partial charge in [-0.05, 0) is 26.0 Å². The number of benzene rings is 1. The van der Waals surface area contributed by atoms with Gasteiger partial charge in [0.05, 0.1) is 0 Å². The molecule has 0 radical (unpaired) electrons. The Kier molecular flexibility index (Phi) is 2.48. The van der Waals surface area contributed by atoms with Crippen LogP contribution in [-0.4, -0.2) is 16.2 Å². The molecule has 0 atom stereocenters. The summed E-state index contributed by atoms with van der Waals surface area (Å²) < 4.78 is 4.99. The molecular formula is C12H11NO3. The quantitative estimate of drug-likeness (QED) is 0.839. The van der Waals surface area contributed by atoms with E-state index in [1.54, 1.807) is 0 Å². The van der Waals surface area contributed by atoms with Crippen LogP contribution in [-0.2, 0) is 0 Å². The molecule has 1 heterocycles. The largest absolute Gasteiger partial charge is 0.476 e. The lowest BCUT2D eigenvalue weighted by Crippen LogP contribution is -1.94. The van der Waals surface area contributed by atoms with Gasteiger partial charge >= 0.3 is 5.97 Å². The lowest BCUT2D eigenvalue weighted by molar-refractivity contribution is 0.0686. The minimum Gasteiger partial charge on any atom is -0.476 e. The molecule has 0 aliphatic rings. The van der Waals surface area contributed by atoms with Crippen molar-refractivity contribution in [1.29, 1.82) is 0 Å². The molecule has 1 N–H and O–H groups in total. The van der Waals surface area contributed by atoms with Gasteiger partial charge < -0.3 is 9.63 Å². The van der Waals surface area contributed by atoms with Gasteiger partial charge in [0, 0.05) is 11.6 Å². The Morgan fingerprint density at radius 3 is 2.31 bits per heavy atom. The van der Waals surface area contributed by atoms with Crippen molar-refractivity contribution >= 4 is 5.97 Å². The zero-order chi connectivity index (χ0) is 11.7. The highest BCUT2D eigenvalue weighted by Gasteiger charge is 2.12. The van der Waals surface area contributed by atoms with E-state index in [2.05, 4.69) is 5.16 Å². The average molecular weight is 217 g/mol. The Morgan fingerprint density at radius 1 is 1.19 bits per heavy atom. The van der Waals surface area contributed by atoms with E-state index in [0.717, 1.165) is 16.7 Å². The molecule has 0 saturated carbocycles. The maximum Gasteiger partial charge on any atom is 0.358 e. The second kappa shape index (κ2) is 3.81. The summed E-state index contributed by atoms with van der Waals surface area (Å²) in [5, 5.41) is 12.2. The molecule has 2 aromatic rings. The maximum atomic E-state index is 10.7. The van der Waals surface area contributed by atoms with Crippen molar-refractivity contribution in [2.45, 2.75) is 13.8 Å². The number of aryl methyl sites for hydroxylation is 2. The molecule has 0 amide bonds. The highest BCUT2D eigenvalue weighted by molar-refractivity contribution is 5.86. The molecule has 1 aromatic carbocycles. The number of nitrogens with zero attached hydrogens (tertiary/aromatic N) is 1.